The van der Waals surface area contributed by atoms with E-state index >= 15 is 0 Å². The van der Waals surface area contributed by atoms with E-state index in [0.29, 0.717) is 26.1 Å². The van der Waals surface area contributed by atoms with Crippen LogP contribution in [0.15, 0.2) is 35.7 Å². The molecule has 1 aliphatic rings. The van der Waals surface area contributed by atoms with E-state index in [1.807, 2.05) is 25.3 Å². The lowest BCUT2D eigenvalue weighted by atomic mass is 10.0. The minimum atomic E-state index is -0.434. The molecule has 8 heteroatoms. The van der Waals surface area contributed by atoms with Crippen LogP contribution < -0.4 is 4.74 Å². The third-order valence-electron chi connectivity index (χ3n) is 5.48. The predicted molar refractivity (Wildman–Crippen MR) is 122 cm³/mol. The lowest BCUT2D eigenvalue weighted by molar-refractivity contribution is -0.143. The van der Waals surface area contributed by atoms with Gasteiger partial charge >= 0.3 is 0 Å². The monoisotopic (exact) mass is 462 g/mol. The molecule has 6 nitrogen and oxygen atoms in total. The number of rotatable bonds is 10. The molecule has 0 aliphatic carbocycles. The second-order valence-electron chi connectivity index (χ2n) is 8.30. The van der Waals surface area contributed by atoms with Gasteiger partial charge < -0.3 is 19.3 Å². The fraction of sp³-hybridized carbons (Fsp3) is 0.500. The Kier molecular flexibility index (Phi) is 8.64. The molecule has 0 unspecified atom stereocenters. The van der Waals surface area contributed by atoms with Gasteiger partial charge in [0.15, 0.2) is 11.6 Å². The summed E-state index contributed by atoms with van der Waals surface area (Å²) in [7, 11) is 1.58. The van der Waals surface area contributed by atoms with Gasteiger partial charge in [-0.25, -0.2) is 4.39 Å². The van der Waals surface area contributed by atoms with Crippen LogP contribution in [0.2, 0.25) is 0 Å². The number of benzene rings is 1. The van der Waals surface area contributed by atoms with Gasteiger partial charge in [-0.3, -0.25) is 9.59 Å². The molecule has 3 rings (SSSR count). The van der Waals surface area contributed by atoms with Crippen LogP contribution in [0.5, 0.6) is 5.75 Å². The third-order valence-corrected chi connectivity index (χ3v) is 6.47. The Morgan fingerprint density at radius 3 is 2.78 bits per heavy atom. The van der Waals surface area contributed by atoms with Gasteiger partial charge in [0, 0.05) is 31.5 Å². The van der Waals surface area contributed by atoms with Gasteiger partial charge in [-0.15, -0.1) is 11.3 Å². The number of hydrogen-bond acceptors (Lipinski definition) is 5. The first-order valence-electron chi connectivity index (χ1n) is 10.9. The molecular formula is C24H31FN2O4S. The highest BCUT2D eigenvalue weighted by molar-refractivity contribution is 7.10. The molecule has 1 aromatic carbocycles. The number of thiophene rings is 1. The summed E-state index contributed by atoms with van der Waals surface area (Å²) in [6.45, 7) is 5.36. The molecule has 1 atom stereocenters. The van der Waals surface area contributed by atoms with E-state index in [1.165, 1.54) is 10.9 Å². The van der Waals surface area contributed by atoms with Crippen molar-refractivity contribution in [3.63, 3.8) is 0 Å². The first-order chi connectivity index (χ1) is 15.4. The van der Waals surface area contributed by atoms with Crippen LogP contribution in [0, 0.1) is 11.7 Å². The molecule has 0 N–H and O–H groups in total. The Bertz CT molecular complexity index is 917. The predicted octanol–water partition coefficient (Wildman–Crippen LogP) is 3.91. The number of carbonyl (C=O) groups is 2. The molecule has 0 saturated carbocycles. The number of carbonyl (C=O) groups excluding carboxylic acids is 2. The number of nitrogens with zero attached hydrogens (tertiary/aromatic N) is 2. The normalized spacial score (nSPS) is 15.5. The molecule has 2 amide bonds. The van der Waals surface area contributed by atoms with Crippen molar-refractivity contribution in [2.24, 2.45) is 5.92 Å². The van der Waals surface area contributed by atoms with Gasteiger partial charge in [-0.2, -0.15) is 0 Å². The van der Waals surface area contributed by atoms with Crippen molar-refractivity contribution < 1.29 is 23.5 Å². The van der Waals surface area contributed by atoms with Crippen molar-refractivity contribution in [1.82, 2.24) is 9.80 Å². The Balaban J connectivity index is 1.76. The van der Waals surface area contributed by atoms with E-state index in [0.717, 1.165) is 12.0 Å². The number of para-hydroxylation sites is 1. The van der Waals surface area contributed by atoms with Crippen molar-refractivity contribution in [3.8, 4) is 5.75 Å². The SMILES string of the molecule is COCCN(CC(=O)N1CCc2sccc2[C@@H]1COc1ccccc1F)C(=O)CC(C)C. The summed E-state index contributed by atoms with van der Waals surface area (Å²) in [5.41, 5.74) is 1.03. The van der Waals surface area contributed by atoms with Crippen LogP contribution >= 0.6 is 11.3 Å². The highest BCUT2D eigenvalue weighted by Crippen LogP contribution is 2.34. The van der Waals surface area contributed by atoms with Crippen molar-refractivity contribution in [2.75, 3.05) is 40.0 Å². The van der Waals surface area contributed by atoms with E-state index in [1.54, 1.807) is 46.4 Å². The zero-order valence-corrected chi connectivity index (χ0v) is 19.7. The van der Waals surface area contributed by atoms with Crippen molar-refractivity contribution in [3.05, 3.63) is 52.0 Å². The largest absolute Gasteiger partial charge is 0.488 e. The Morgan fingerprint density at radius 2 is 2.06 bits per heavy atom. The summed E-state index contributed by atoms with van der Waals surface area (Å²) in [5, 5.41) is 2.01. The standard InChI is InChI=1S/C24H31FN2O4S/c1-17(2)14-23(28)26(11-12-30-3)15-24(29)27-10-8-22-18(9-13-32-22)20(27)16-31-21-7-5-4-6-19(21)25/h4-7,9,13,17,20H,8,10-12,14-16H2,1-3H3/t20-/m0/s1. The molecule has 2 aromatic rings. The molecule has 1 aromatic heterocycles. The zero-order valence-electron chi connectivity index (χ0n) is 18.9. The molecule has 0 bridgehead atoms. The van der Waals surface area contributed by atoms with Crippen LogP contribution in [0.3, 0.4) is 0 Å². The molecule has 0 saturated heterocycles. The fourth-order valence-corrected chi connectivity index (χ4v) is 4.76. The molecule has 0 spiro atoms. The Labute approximate surface area is 192 Å². The maximum atomic E-state index is 14.1. The minimum Gasteiger partial charge on any atom is -0.488 e. The van der Waals surface area contributed by atoms with E-state index in [4.69, 9.17) is 9.47 Å². The fourth-order valence-electron chi connectivity index (χ4n) is 3.83. The number of methoxy groups -OCH3 is 1. The average Bonchev–Trinajstić information content (AvgIpc) is 3.24. The first kappa shape index (κ1) is 24.2. The highest BCUT2D eigenvalue weighted by atomic mass is 32.1. The lowest BCUT2D eigenvalue weighted by Gasteiger charge is -2.37. The zero-order chi connectivity index (χ0) is 23.1. The second kappa shape index (κ2) is 11.4. The van der Waals surface area contributed by atoms with Gasteiger partial charge in [-0.05, 0) is 41.5 Å². The van der Waals surface area contributed by atoms with Gasteiger partial charge in [0.25, 0.3) is 0 Å². The summed E-state index contributed by atoms with van der Waals surface area (Å²) in [6, 6.07) is 7.92. The molecule has 0 fully saturated rings. The van der Waals surface area contributed by atoms with Crippen LogP contribution in [0.25, 0.3) is 0 Å². The summed E-state index contributed by atoms with van der Waals surface area (Å²) in [6.07, 6.45) is 1.14. The number of halogens is 1. The lowest BCUT2D eigenvalue weighted by Crippen LogP contribution is -2.48. The summed E-state index contributed by atoms with van der Waals surface area (Å²) < 4.78 is 25.0. The summed E-state index contributed by atoms with van der Waals surface area (Å²) >= 11 is 1.66. The quantitative estimate of drug-likeness (QED) is 0.537. The number of amides is 2. The Morgan fingerprint density at radius 1 is 1.28 bits per heavy atom. The van der Waals surface area contributed by atoms with Crippen LogP contribution in [-0.2, 0) is 20.7 Å². The van der Waals surface area contributed by atoms with Gasteiger partial charge in [0.05, 0.1) is 19.2 Å². The highest BCUT2D eigenvalue weighted by Gasteiger charge is 2.33. The summed E-state index contributed by atoms with van der Waals surface area (Å²) in [4.78, 5) is 30.6. The minimum absolute atomic E-state index is 0.00934. The molecule has 2 heterocycles. The van der Waals surface area contributed by atoms with E-state index in [2.05, 4.69) is 0 Å². The van der Waals surface area contributed by atoms with E-state index < -0.39 is 5.82 Å². The molecule has 32 heavy (non-hydrogen) atoms. The molecular weight excluding hydrogens is 431 g/mol. The van der Waals surface area contributed by atoms with Crippen LogP contribution in [0.1, 0.15) is 36.8 Å². The number of fused-ring (bicyclic) bond motifs is 1. The topological polar surface area (TPSA) is 59.1 Å². The van der Waals surface area contributed by atoms with E-state index in [9.17, 15) is 14.0 Å². The molecule has 174 valence electrons. The second-order valence-corrected chi connectivity index (χ2v) is 9.30. The first-order valence-corrected chi connectivity index (χ1v) is 11.8. The smallest absolute Gasteiger partial charge is 0.242 e. The molecule has 1 aliphatic heterocycles. The van der Waals surface area contributed by atoms with Crippen molar-refractivity contribution in [1.29, 1.82) is 0 Å². The Hall–Kier alpha value is -2.45. The van der Waals surface area contributed by atoms with Gasteiger partial charge in [0.1, 0.15) is 6.61 Å². The van der Waals surface area contributed by atoms with Gasteiger partial charge in [-0.1, -0.05) is 26.0 Å². The maximum absolute atomic E-state index is 14.1. The third kappa shape index (κ3) is 6.07. The van der Waals surface area contributed by atoms with Crippen molar-refractivity contribution in [2.45, 2.75) is 32.7 Å². The number of hydrogen-bond donors (Lipinski definition) is 0. The van der Waals surface area contributed by atoms with E-state index in [-0.39, 0.29) is 42.7 Å². The van der Waals surface area contributed by atoms with Crippen molar-refractivity contribution >= 4 is 23.2 Å². The number of ether oxygens (including phenoxy) is 2. The van der Waals surface area contributed by atoms with Crippen LogP contribution in [-0.4, -0.2) is 61.6 Å². The van der Waals surface area contributed by atoms with Crippen LogP contribution in [0.4, 0.5) is 4.39 Å². The maximum Gasteiger partial charge on any atom is 0.242 e. The molecule has 0 radical (unpaired) electrons. The van der Waals surface area contributed by atoms with Gasteiger partial charge in [0.2, 0.25) is 11.8 Å². The summed E-state index contributed by atoms with van der Waals surface area (Å²) in [5.74, 6) is -0.268. The average molecular weight is 463 g/mol.